The maximum absolute atomic E-state index is 13.0. The third kappa shape index (κ3) is 3.25. The summed E-state index contributed by atoms with van der Waals surface area (Å²) in [7, 11) is 1.92. The summed E-state index contributed by atoms with van der Waals surface area (Å²) >= 11 is 0. The van der Waals surface area contributed by atoms with Crippen molar-refractivity contribution in [3.05, 3.63) is 83.4 Å². The van der Waals surface area contributed by atoms with Crippen molar-refractivity contribution in [1.29, 1.82) is 0 Å². The van der Waals surface area contributed by atoms with Crippen LogP contribution in [0.25, 0.3) is 0 Å². The van der Waals surface area contributed by atoms with Crippen LogP contribution in [0.4, 0.5) is 0 Å². The lowest BCUT2D eigenvalue weighted by atomic mass is 9.87. The van der Waals surface area contributed by atoms with E-state index in [2.05, 4.69) is 34.3 Å². The highest BCUT2D eigenvalue weighted by Crippen LogP contribution is 2.34. The Kier molecular flexibility index (Phi) is 4.52. The standard InChI is InChI=1S/C21H22N4O/c1-24(20-8-4-6-17-5-2-3-7-19(17)20)21(26)18-11-9-16(10-12-18)13-25-15-22-14-23-25/h2-3,5,7,9-12,14-15,20H,4,6,8,13H2,1H3/t20-/m0/s1. The van der Waals surface area contributed by atoms with E-state index in [-0.39, 0.29) is 11.9 Å². The molecule has 1 aromatic heterocycles. The molecule has 1 aliphatic carbocycles. The first-order valence-corrected chi connectivity index (χ1v) is 8.98. The fourth-order valence-electron chi connectivity index (χ4n) is 3.73. The molecule has 3 aromatic rings. The summed E-state index contributed by atoms with van der Waals surface area (Å²) in [6.45, 7) is 0.653. The van der Waals surface area contributed by atoms with Crippen LogP contribution in [0.5, 0.6) is 0 Å². The van der Waals surface area contributed by atoms with Gasteiger partial charge in [-0.15, -0.1) is 0 Å². The molecule has 1 aliphatic rings. The molecule has 0 radical (unpaired) electrons. The van der Waals surface area contributed by atoms with Gasteiger partial charge in [0.25, 0.3) is 5.91 Å². The number of carbonyl (C=O) groups is 1. The second-order valence-electron chi connectivity index (χ2n) is 6.81. The van der Waals surface area contributed by atoms with Gasteiger partial charge in [0.15, 0.2) is 0 Å². The Morgan fingerprint density at radius 1 is 1.19 bits per heavy atom. The number of hydrogen-bond donors (Lipinski definition) is 0. The zero-order valence-corrected chi connectivity index (χ0v) is 14.9. The molecule has 1 heterocycles. The molecule has 0 saturated carbocycles. The van der Waals surface area contributed by atoms with E-state index in [4.69, 9.17) is 0 Å². The number of hydrogen-bond acceptors (Lipinski definition) is 3. The first kappa shape index (κ1) is 16.5. The van der Waals surface area contributed by atoms with Crippen molar-refractivity contribution in [3.8, 4) is 0 Å². The molecule has 0 spiro atoms. The van der Waals surface area contributed by atoms with Gasteiger partial charge in [-0.2, -0.15) is 5.10 Å². The van der Waals surface area contributed by atoms with Crippen molar-refractivity contribution in [2.75, 3.05) is 7.05 Å². The quantitative estimate of drug-likeness (QED) is 0.727. The van der Waals surface area contributed by atoms with Gasteiger partial charge in [-0.1, -0.05) is 36.4 Å². The normalized spacial score (nSPS) is 16.1. The minimum Gasteiger partial charge on any atom is -0.335 e. The molecule has 26 heavy (non-hydrogen) atoms. The first-order valence-electron chi connectivity index (χ1n) is 8.98. The topological polar surface area (TPSA) is 51.0 Å². The van der Waals surface area contributed by atoms with Crippen molar-refractivity contribution in [2.24, 2.45) is 0 Å². The maximum Gasteiger partial charge on any atom is 0.254 e. The van der Waals surface area contributed by atoms with Gasteiger partial charge in [0.2, 0.25) is 0 Å². The summed E-state index contributed by atoms with van der Waals surface area (Å²) in [5.41, 5.74) is 4.47. The first-order chi connectivity index (χ1) is 12.7. The Morgan fingerprint density at radius 3 is 2.77 bits per heavy atom. The number of aromatic nitrogens is 3. The Morgan fingerprint density at radius 2 is 2.00 bits per heavy atom. The van der Waals surface area contributed by atoms with Crippen LogP contribution in [0, 0.1) is 0 Å². The average molecular weight is 346 g/mol. The van der Waals surface area contributed by atoms with Crippen LogP contribution in [-0.4, -0.2) is 32.6 Å². The lowest BCUT2D eigenvalue weighted by Crippen LogP contribution is -2.33. The second kappa shape index (κ2) is 7.12. The van der Waals surface area contributed by atoms with E-state index in [1.165, 1.54) is 17.5 Å². The van der Waals surface area contributed by atoms with Gasteiger partial charge in [0.05, 0.1) is 12.6 Å². The predicted octanol–water partition coefficient (Wildman–Crippen LogP) is 3.48. The summed E-state index contributed by atoms with van der Waals surface area (Å²) < 4.78 is 1.77. The van der Waals surface area contributed by atoms with E-state index >= 15 is 0 Å². The van der Waals surface area contributed by atoms with Gasteiger partial charge in [0.1, 0.15) is 12.7 Å². The molecule has 1 atom stereocenters. The lowest BCUT2D eigenvalue weighted by molar-refractivity contribution is 0.0715. The summed E-state index contributed by atoms with van der Waals surface area (Å²) in [4.78, 5) is 18.8. The van der Waals surface area contributed by atoms with Crippen LogP contribution in [0.3, 0.4) is 0 Å². The van der Waals surface area contributed by atoms with Crippen LogP contribution in [0.2, 0.25) is 0 Å². The molecule has 0 saturated heterocycles. The largest absolute Gasteiger partial charge is 0.335 e. The fraction of sp³-hybridized carbons (Fsp3) is 0.286. The van der Waals surface area contributed by atoms with Crippen molar-refractivity contribution < 1.29 is 4.79 Å². The third-order valence-electron chi connectivity index (χ3n) is 5.14. The molecule has 0 bridgehead atoms. The van der Waals surface area contributed by atoms with Crippen LogP contribution in [0.1, 0.15) is 45.9 Å². The summed E-state index contributed by atoms with van der Waals surface area (Å²) in [5, 5.41) is 4.11. The molecule has 2 aromatic carbocycles. The van der Waals surface area contributed by atoms with Gasteiger partial charge >= 0.3 is 0 Å². The minimum atomic E-state index is 0.0685. The van der Waals surface area contributed by atoms with Gasteiger partial charge in [0, 0.05) is 12.6 Å². The number of aryl methyl sites for hydroxylation is 1. The van der Waals surface area contributed by atoms with E-state index in [0.29, 0.717) is 6.54 Å². The molecule has 5 heteroatoms. The molecule has 5 nitrogen and oxygen atoms in total. The van der Waals surface area contributed by atoms with Crippen LogP contribution >= 0.6 is 0 Å². The van der Waals surface area contributed by atoms with Crippen LogP contribution in [0.15, 0.2) is 61.2 Å². The monoisotopic (exact) mass is 346 g/mol. The molecule has 0 fully saturated rings. The zero-order chi connectivity index (χ0) is 17.9. The van der Waals surface area contributed by atoms with Crippen LogP contribution < -0.4 is 0 Å². The molecule has 1 amide bonds. The van der Waals surface area contributed by atoms with Crippen molar-refractivity contribution in [3.63, 3.8) is 0 Å². The Balaban J connectivity index is 1.50. The average Bonchev–Trinajstić information content (AvgIpc) is 3.20. The number of amides is 1. The highest BCUT2D eigenvalue weighted by molar-refractivity contribution is 5.94. The molecule has 4 rings (SSSR count). The molecule has 0 N–H and O–H groups in total. The zero-order valence-electron chi connectivity index (χ0n) is 14.9. The van der Waals surface area contributed by atoms with E-state index in [1.54, 1.807) is 11.0 Å². The second-order valence-corrected chi connectivity index (χ2v) is 6.81. The van der Waals surface area contributed by atoms with Gasteiger partial charge < -0.3 is 4.90 Å². The number of nitrogens with zero attached hydrogens (tertiary/aromatic N) is 4. The molecular formula is C21H22N4O. The summed E-state index contributed by atoms with van der Waals surface area (Å²) in [6, 6.07) is 16.4. The molecule has 0 aliphatic heterocycles. The fourth-order valence-corrected chi connectivity index (χ4v) is 3.73. The number of benzene rings is 2. The summed E-state index contributed by atoms with van der Waals surface area (Å²) in [6.07, 6.45) is 6.45. The van der Waals surface area contributed by atoms with Gasteiger partial charge in [-0.25, -0.2) is 9.67 Å². The van der Waals surface area contributed by atoms with Crippen molar-refractivity contribution in [2.45, 2.75) is 31.8 Å². The van der Waals surface area contributed by atoms with Crippen molar-refractivity contribution in [1.82, 2.24) is 19.7 Å². The third-order valence-corrected chi connectivity index (χ3v) is 5.14. The van der Waals surface area contributed by atoms with E-state index < -0.39 is 0 Å². The maximum atomic E-state index is 13.0. The minimum absolute atomic E-state index is 0.0685. The van der Waals surface area contributed by atoms with E-state index in [0.717, 1.165) is 30.4 Å². The Labute approximate surface area is 153 Å². The SMILES string of the molecule is CN(C(=O)c1ccc(Cn2cncn2)cc1)[C@H]1CCCc2ccccc21. The molecular weight excluding hydrogens is 324 g/mol. The summed E-state index contributed by atoms with van der Waals surface area (Å²) in [5.74, 6) is 0.0685. The predicted molar refractivity (Wildman–Crippen MR) is 99.8 cm³/mol. The molecule has 0 unspecified atom stereocenters. The van der Waals surface area contributed by atoms with Gasteiger partial charge in [-0.3, -0.25) is 4.79 Å². The van der Waals surface area contributed by atoms with E-state index in [1.807, 2.05) is 36.2 Å². The lowest BCUT2D eigenvalue weighted by Gasteiger charge is -2.33. The van der Waals surface area contributed by atoms with Gasteiger partial charge in [-0.05, 0) is 48.1 Å². The Hall–Kier alpha value is -2.95. The van der Waals surface area contributed by atoms with E-state index in [9.17, 15) is 4.79 Å². The van der Waals surface area contributed by atoms with Crippen molar-refractivity contribution >= 4 is 5.91 Å². The highest BCUT2D eigenvalue weighted by Gasteiger charge is 2.26. The molecule has 132 valence electrons. The smallest absolute Gasteiger partial charge is 0.254 e. The number of rotatable bonds is 4. The highest BCUT2D eigenvalue weighted by atomic mass is 16.2. The number of fused-ring (bicyclic) bond motifs is 1. The van der Waals surface area contributed by atoms with Crippen LogP contribution in [-0.2, 0) is 13.0 Å². The number of carbonyl (C=O) groups excluding carboxylic acids is 1. The Bertz CT molecular complexity index is 887.